The average Bonchev–Trinajstić information content (AvgIpc) is 2.07. The quantitative estimate of drug-likeness (QED) is 0.773. The van der Waals surface area contributed by atoms with E-state index < -0.39 is 0 Å². The second-order valence-corrected chi connectivity index (χ2v) is 2.29. The Balaban J connectivity index is 0.00000121. The molecule has 0 radical (unpaired) electrons. The van der Waals surface area contributed by atoms with Crippen LogP contribution in [0.15, 0.2) is 18.3 Å². The van der Waals surface area contributed by atoms with E-state index in [9.17, 15) is 0 Å². The topological polar surface area (TPSA) is 48.1 Å². The fraction of sp³-hybridized carbons (Fsp3) is 0.375. The van der Waals surface area contributed by atoms with Crippen LogP contribution in [0, 0.1) is 0 Å². The Morgan fingerprint density at radius 3 is 2.67 bits per heavy atom. The third-order valence-corrected chi connectivity index (χ3v) is 1.41. The van der Waals surface area contributed by atoms with Crippen LogP contribution in [0.3, 0.4) is 0 Å². The van der Waals surface area contributed by atoms with E-state index in [1.165, 1.54) is 0 Å². The normalized spacial score (nSPS) is 9.17. The summed E-state index contributed by atoms with van der Waals surface area (Å²) in [6.07, 6.45) is 1.77. The van der Waals surface area contributed by atoms with Gasteiger partial charge in [0.05, 0.1) is 12.3 Å². The summed E-state index contributed by atoms with van der Waals surface area (Å²) >= 11 is 0. The number of methoxy groups -OCH3 is 1. The molecule has 0 amide bonds. The molecule has 3 nitrogen and oxygen atoms in total. The second kappa shape index (κ2) is 5.94. The van der Waals surface area contributed by atoms with Crippen LogP contribution in [0.5, 0.6) is 0 Å². The third-order valence-electron chi connectivity index (χ3n) is 1.41. The van der Waals surface area contributed by atoms with E-state index in [1.807, 2.05) is 12.1 Å². The molecule has 12 heavy (non-hydrogen) atoms. The van der Waals surface area contributed by atoms with E-state index in [0.29, 0.717) is 13.2 Å². The fourth-order valence-corrected chi connectivity index (χ4v) is 0.809. The van der Waals surface area contributed by atoms with Gasteiger partial charge in [0.15, 0.2) is 0 Å². The Bertz CT molecular complexity index is 213. The van der Waals surface area contributed by atoms with Crippen LogP contribution < -0.4 is 5.73 Å². The summed E-state index contributed by atoms with van der Waals surface area (Å²) in [6, 6.07) is 3.88. The molecule has 68 valence electrons. The minimum Gasteiger partial charge on any atom is -0.378 e. The van der Waals surface area contributed by atoms with Gasteiger partial charge in [0.1, 0.15) is 0 Å². The van der Waals surface area contributed by atoms with Gasteiger partial charge in [-0.25, -0.2) is 0 Å². The number of halogens is 1. The number of nitrogens with zero attached hydrogens (tertiary/aromatic N) is 1. The lowest BCUT2D eigenvalue weighted by Gasteiger charge is -1.99. The first-order chi connectivity index (χ1) is 5.36. The summed E-state index contributed by atoms with van der Waals surface area (Å²) in [7, 11) is 1.65. The van der Waals surface area contributed by atoms with Gasteiger partial charge < -0.3 is 10.5 Å². The van der Waals surface area contributed by atoms with Gasteiger partial charge in [-0.15, -0.1) is 12.4 Å². The zero-order valence-corrected chi connectivity index (χ0v) is 7.80. The minimum absolute atomic E-state index is 0. The van der Waals surface area contributed by atoms with Gasteiger partial charge in [0.25, 0.3) is 0 Å². The maximum atomic E-state index is 5.40. The molecule has 4 heteroatoms. The summed E-state index contributed by atoms with van der Waals surface area (Å²) in [5.74, 6) is 0. The molecule has 0 aliphatic rings. The molecule has 0 saturated carbocycles. The van der Waals surface area contributed by atoms with Crippen molar-refractivity contribution in [2.75, 3.05) is 7.11 Å². The summed E-state index contributed by atoms with van der Waals surface area (Å²) in [5.41, 5.74) is 7.38. The first kappa shape index (κ1) is 11.4. The maximum Gasteiger partial charge on any atom is 0.0884 e. The van der Waals surface area contributed by atoms with Gasteiger partial charge in [0, 0.05) is 19.9 Å². The van der Waals surface area contributed by atoms with Gasteiger partial charge >= 0.3 is 0 Å². The van der Waals surface area contributed by atoms with E-state index in [2.05, 4.69) is 4.98 Å². The molecule has 0 bridgehead atoms. The smallest absolute Gasteiger partial charge is 0.0884 e. The molecular weight excluding hydrogens is 176 g/mol. The number of ether oxygens (including phenoxy) is 1. The molecule has 1 heterocycles. The second-order valence-electron chi connectivity index (χ2n) is 2.29. The molecule has 1 rings (SSSR count). The van der Waals surface area contributed by atoms with E-state index in [0.717, 1.165) is 11.3 Å². The first-order valence-electron chi connectivity index (χ1n) is 3.49. The molecule has 0 aliphatic heterocycles. The van der Waals surface area contributed by atoms with Gasteiger partial charge in [-0.2, -0.15) is 0 Å². The Morgan fingerprint density at radius 2 is 2.25 bits per heavy atom. The highest BCUT2D eigenvalue weighted by atomic mass is 35.5. The Hall–Kier alpha value is -0.640. The zero-order valence-electron chi connectivity index (χ0n) is 6.99. The number of pyridine rings is 1. The Kier molecular flexibility index (Phi) is 5.62. The molecule has 0 saturated heterocycles. The minimum atomic E-state index is 0. The molecular formula is C8H13ClN2O. The van der Waals surface area contributed by atoms with Crippen molar-refractivity contribution in [2.45, 2.75) is 13.2 Å². The molecule has 0 atom stereocenters. The number of rotatable bonds is 3. The van der Waals surface area contributed by atoms with E-state index in [4.69, 9.17) is 10.5 Å². The fourth-order valence-electron chi connectivity index (χ4n) is 0.809. The van der Waals surface area contributed by atoms with Gasteiger partial charge in [-0.3, -0.25) is 4.98 Å². The number of nitrogens with two attached hydrogens (primary N) is 1. The molecule has 0 unspecified atom stereocenters. The molecule has 2 N–H and O–H groups in total. The SMILES string of the molecule is COCc1ccc(CN)cn1.Cl. The van der Waals surface area contributed by atoms with Crippen LogP contribution in [0.25, 0.3) is 0 Å². The first-order valence-corrected chi connectivity index (χ1v) is 3.49. The highest BCUT2D eigenvalue weighted by Crippen LogP contribution is 1.99. The zero-order chi connectivity index (χ0) is 8.10. The van der Waals surface area contributed by atoms with Crippen LogP contribution in [-0.4, -0.2) is 12.1 Å². The third kappa shape index (κ3) is 3.17. The molecule has 1 aromatic heterocycles. The predicted molar refractivity (Wildman–Crippen MR) is 50.1 cm³/mol. The monoisotopic (exact) mass is 188 g/mol. The number of hydrogen-bond acceptors (Lipinski definition) is 3. The summed E-state index contributed by atoms with van der Waals surface area (Å²) in [5, 5.41) is 0. The highest BCUT2D eigenvalue weighted by molar-refractivity contribution is 5.85. The van der Waals surface area contributed by atoms with E-state index in [1.54, 1.807) is 13.3 Å². The number of aromatic nitrogens is 1. The average molecular weight is 189 g/mol. The van der Waals surface area contributed by atoms with Crippen molar-refractivity contribution in [1.29, 1.82) is 0 Å². The molecule has 0 aromatic carbocycles. The van der Waals surface area contributed by atoms with Crippen molar-refractivity contribution < 1.29 is 4.74 Å². The maximum absolute atomic E-state index is 5.40. The van der Waals surface area contributed by atoms with Gasteiger partial charge in [-0.05, 0) is 11.6 Å². The Labute approximate surface area is 78.4 Å². The summed E-state index contributed by atoms with van der Waals surface area (Å²) in [4.78, 5) is 4.13. The summed E-state index contributed by atoms with van der Waals surface area (Å²) < 4.78 is 4.91. The largest absolute Gasteiger partial charge is 0.378 e. The van der Waals surface area contributed by atoms with Crippen LogP contribution in [-0.2, 0) is 17.9 Å². The Morgan fingerprint density at radius 1 is 1.50 bits per heavy atom. The van der Waals surface area contributed by atoms with E-state index >= 15 is 0 Å². The van der Waals surface area contributed by atoms with Crippen LogP contribution in [0.2, 0.25) is 0 Å². The van der Waals surface area contributed by atoms with Crippen molar-refractivity contribution in [3.05, 3.63) is 29.6 Å². The van der Waals surface area contributed by atoms with Crippen molar-refractivity contribution in [3.63, 3.8) is 0 Å². The van der Waals surface area contributed by atoms with Crippen molar-refractivity contribution >= 4 is 12.4 Å². The standard InChI is InChI=1S/C8H12N2O.ClH/c1-11-6-8-3-2-7(4-9)5-10-8;/h2-3,5H,4,6,9H2,1H3;1H. The molecule has 0 fully saturated rings. The van der Waals surface area contributed by atoms with Gasteiger partial charge in [0.2, 0.25) is 0 Å². The van der Waals surface area contributed by atoms with Crippen LogP contribution in [0.4, 0.5) is 0 Å². The lowest BCUT2D eigenvalue weighted by Crippen LogP contribution is -1.98. The molecule has 1 aromatic rings. The van der Waals surface area contributed by atoms with Crippen molar-refractivity contribution in [2.24, 2.45) is 5.73 Å². The summed E-state index contributed by atoms with van der Waals surface area (Å²) in [6.45, 7) is 1.10. The lowest BCUT2D eigenvalue weighted by molar-refractivity contribution is 0.181. The highest BCUT2D eigenvalue weighted by Gasteiger charge is 1.92. The van der Waals surface area contributed by atoms with Gasteiger partial charge in [-0.1, -0.05) is 6.07 Å². The van der Waals surface area contributed by atoms with Crippen LogP contribution in [0.1, 0.15) is 11.3 Å². The van der Waals surface area contributed by atoms with E-state index in [-0.39, 0.29) is 12.4 Å². The lowest BCUT2D eigenvalue weighted by atomic mass is 10.2. The van der Waals surface area contributed by atoms with Crippen molar-refractivity contribution in [3.8, 4) is 0 Å². The number of hydrogen-bond donors (Lipinski definition) is 1. The predicted octanol–water partition coefficient (Wildman–Crippen LogP) is 1.11. The molecule has 0 aliphatic carbocycles. The molecule has 0 spiro atoms. The van der Waals surface area contributed by atoms with Crippen molar-refractivity contribution in [1.82, 2.24) is 4.98 Å². The van der Waals surface area contributed by atoms with Crippen LogP contribution >= 0.6 is 12.4 Å².